The minimum Gasteiger partial charge on any atom is -0.483 e. The van der Waals surface area contributed by atoms with E-state index in [2.05, 4.69) is 28.5 Å². The number of rotatable bonds is 6. The molecule has 1 aliphatic rings. The Balaban J connectivity index is 1.23. The van der Waals surface area contributed by atoms with Gasteiger partial charge in [0, 0.05) is 16.5 Å². The highest BCUT2D eigenvalue weighted by atomic mass is 32.1. The summed E-state index contributed by atoms with van der Waals surface area (Å²) >= 11 is 1.43. The van der Waals surface area contributed by atoms with E-state index in [1.165, 1.54) is 41.7 Å². The van der Waals surface area contributed by atoms with Crippen LogP contribution in [0.3, 0.4) is 0 Å². The summed E-state index contributed by atoms with van der Waals surface area (Å²) in [5, 5.41) is 5.44. The molecule has 0 unspecified atom stereocenters. The second-order valence-electron chi connectivity index (χ2n) is 7.93. The molecule has 1 aliphatic carbocycles. The molecule has 0 fully saturated rings. The van der Waals surface area contributed by atoms with Crippen LogP contribution in [-0.2, 0) is 17.6 Å². The first-order chi connectivity index (χ1) is 15.8. The van der Waals surface area contributed by atoms with Crippen LogP contribution in [0.2, 0.25) is 0 Å². The molecular weight excluding hydrogens is 416 g/mol. The van der Waals surface area contributed by atoms with Gasteiger partial charge < -0.3 is 4.74 Å². The third kappa shape index (κ3) is 4.58. The summed E-state index contributed by atoms with van der Waals surface area (Å²) in [6.45, 7) is -0.0718. The number of fused-ring (bicyclic) bond motifs is 1. The third-order valence-electron chi connectivity index (χ3n) is 5.73. The first kappa shape index (κ1) is 20.5. The Morgan fingerprint density at radius 1 is 0.906 bits per heavy atom. The summed E-state index contributed by atoms with van der Waals surface area (Å²) in [4.78, 5) is 17.1. The Labute approximate surface area is 191 Å². The summed E-state index contributed by atoms with van der Waals surface area (Å²) in [5.74, 6) is 0.460. The van der Waals surface area contributed by atoms with E-state index < -0.39 is 0 Å². The predicted octanol–water partition coefficient (Wildman–Crippen LogP) is 6.37. The number of thiazole rings is 1. The molecule has 32 heavy (non-hydrogen) atoms. The molecule has 5 rings (SSSR count). The number of amides is 1. The summed E-state index contributed by atoms with van der Waals surface area (Å²) in [6.07, 6.45) is 4.83. The van der Waals surface area contributed by atoms with Gasteiger partial charge in [0.15, 0.2) is 11.7 Å². The Morgan fingerprint density at radius 2 is 1.69 bits per heavy atom. The minimum absolute atomic E-state index is 0.0718. The van der Waals surface area contributed by atoms with E-state index >= 15 is 0 Å². The molecule has 160 valence electrons. The Kier molecular flexibility index (Phi) is 5.99. The van der Waals surface area contributed by atoms with E-state index in [1.807, 2.05) is 60.0 Å². The maximum atomic E-state index is 12.5. The number of benzene rings is 3. The fourth-order valence-electron chi connectivity index (χ4n) is 4.10. The Bertz CT molecular complexity index is 1230. The van der Waals surface area contributed by atoms with Crippen LogP contribution in [0.4, 0.5) is 5.13 Å². The lowest BCUT2D eigenvalue weighted by Gasteiger charge is -2.16. The molecule has 0 spiro atoms. The largest absolute Gasteiger partial charge is 0.483 e. The number of aryl methyl sites for hydroxylation is 2. The summed E-state index contributed by atoms with van der Waals surface area (Å²) in [7, 11) is 0. The maximum Gasteiger partial charge on any atom is 0.264 e. The predicted molar refractivity (Wildman–Crippen MR) is 130 cm³/mol. The van der Waals surface area contributed by atoms with E-state index in [1.54, 1.807) is 0 Å². The van der Waals surface area contributed by atoms with Crippen molar-refractivity contribution >= 4 is 22.4 Å². The lowest BCUT2D eigenvalue weighted by Crippen LogP contribution is -2.20. The minimum atomic E-state index is -0.223. The molecule has 1 heterocycles. The quantitative estimate of drug-likeness (QED) is 0.379. The van der Waals surface area contributed by atoms with Gasteiger partial charge in [0.2, 0.25) is 0 Å². The van der Waals surface area contributed by atoms with E-state index in [0.717, 1.165) is 28.8 Å². The van der Waals surface area contributed by atoms with Crippen molar-refractivity contribution in [2.45, 2.75) is 25.7 Å². The van der Waals surface area contributed by atoms with Crippen LogP contribution in [0.1, 0.15) is 24.0 Å². The van der Waals surface area contributed by atoms with Crippen molar-refractivity contribution in [2.24, 2.45) is 0 Å². The van der Waals surface area contributed by atoms with Crippen molar-refractivity contribution in [3.8, 4) is 28.1 Å². The van der Waals surface area contributed by atoms with E-state index in [4.69, 9.17) is 4.74 Å². The topological polar surface area (TPSA) is 51.2 Å². The number of nitrogens with one attached hydrogen (secondary N) is 1. The first-order valence-electron chi connectivity index (χ1n) is 10.9. The average Bonchev–Trinajstić information content (AvgIpc) is 3.31. The van der Waals surface area contributed by atoms with Crippen molar-refractivity contribution in [3.05, 3.63) is 89.3 Å². The lowest BCUT2D eigenvalue weighted by molar-refractivity contribution is -0.118. The maximum absolute atomic E-state index is 12.5. The number of hydrogen-bond donors (Lipinski definition) is 1. The highest BCUT2D eigenvalue weighted by Crippen LogP contribution is 2.31. The monoisotopic (exact) mass is 440 g/mol. The standard InChI is InChI=1S/C27H24N2O2S/c30-26(17-31-25-13-7-6-12-23(25)20-9-2-1-3-10-20)29-27-28-24(18-32-27)22-15-14-19-8-4-5-11-21(19)16-22/h1-3,6-7,9-10,12-16,18H,4-5,8,11,17H2,(H,28,29,30). The van der Waals surface area contributed by atoms with Gasteiger partial charge in [0.05, 0.1) is 5.69 Å². The highest BCUT2D eigenvalue weighted by molar-refractivity contribution is 7.14. The molecule has 0 atom stereocenters. The van der Waals surface area contributed by atoms with Gasteiger partial charge in [0.1, 0.15) is 5.75 Å². The number of nitrogens with zero attached hydrogens (tertiary/aromatic N) is 1. The van der Waals surface area contributed by atoms with Crippen molar-refractivity contribution < 1.29 is 9.53 Å². The zero-order valence-electron chi connectivity index (χ0n) is 17.7. The number of aromatic nitrogens is 1. The fourth-order valence-corrected chi connectivity index (χ4v) is 4.84. The molecule has 0 bridgehead atoms. The third-order valence-corrected chi connectivity index (χ3v) is 6.48. The zero-order valence-corrected chi connectivity index (χ0v) is 18.5. The van der Waals surface area contributed by atoms with Crippen molar-refractivity contribution in [1.29, 1.82) is 0 Å². The van der Waals surface area contributed by atoms with E-state index in [0.29, 0.717) is 10.9 Å². The average molecular weight is 441 g/mol. The van der Waals surface area contributed by atoms with Crippen LogP contribution in [-0.4, -0.2) is 17.5 Å². The molecule has 0 saturated heterocycles. The van der Waals surface area contributed by atoms with Crippen molar-refractivity contribution in [1.82, 2.24) is 4.98 Å². The summed E-state index contributed by atoms with van der Waals surface area (Å²) in [6, 6.07) is 24.4. The molecule has 5 heteroatoms. The highest BCUT2D eigenvalue weighted by Gasteiger charge is 2.13. The van der Waals surface area contributed by atoms with E-state index in [-0.39, 0.29) is 12.5 Å². The van der Waals surface area contributed by atoms with Gasteiger partial charge in [-0.2, -0.15) is 0 Å². The van der Waals surface area contributed by atoms with Crippen LogP contribution in [0.15, 0.2) is 78.2 Å². The molecule has 3 aromatic carbocycles. The molecule has 0 saturated carbocycles. The van der Waals surface area contributed by atoms with Gasteiger partial charge in [-0.15, -0.1) is 11.3 Å². The van der Waals surface area contributed by atoms with Crippen molar-refractivity contribution in [3.63, 3.8) is 0 Å². The molecule has 0 radical (unpaired) electrons. The molecule has 4 aromatic rings. The molecule has 1 amide bonds. The number of ether oxygens (including phenoxy) is 1. The number of hydrogen-bond acceptors (Lipinski definition) is 4. The first-order valence-corrected chi connectivity index (χ1v) is 11.8. The Morgan fingerprint density at radius 3 is 2.56 bits per heavy atom. The second kappa shape index (κ2) is 9.37. The number of anilines is 1. The Hall–Kier alpha value is -3.44. The summed E-state index contributed by atoms with van der Waals surface area (Å²) in [5.41, 5.74) is 6.90. The molecule has 1 N–H and O–H groups in total. The van der Waals surface area contributed by atoms with Gasteiger partial charge in [-0.05, 0) is 54.5 Å². The fraction of sp³-hybridized carbons (Fsp3) is 0.185. The zero-order chi connectivity index (χ0) is 21.8. The van der Waals surface area contributed by atoms with Gasteiger partial charge in [-0.1, -0.05) is 60.7 Å². The van der Waals surface area contributed by atoms with Crippen LogP contribution in [0.25, 0.3) is 22.4 Å². The lowest BCUT2D eigenvalue weighted by atomic mass is 9.90. The van der Waals surface area contributed by atoms with Gasteiger partial charge in [-0.25, -0.2) is 4.98 Å². The van der Waals surface area contributed by atoms with Crippen LogP contribution in [0, 0.1) is 0 Å². The summed E-state index contributed by atoms with van der Waals surface area (Å²) < 4.78 is 5.84. The van der Waals surface area contributed by atoms with Gasteiger partial charge >= 0.3 is 0 Å². The molecule has 0 aliphatic heterocycles. The number of para-hydroxylation sites is 1. The SMILES string of the molecule is O=C(COc1ccccc1-c1ccccc1)Nc1nc(-c2ccc3c(c2)CCCC3)cs1. The normalized spacial score (nSPS) is 12.8. The van der Waals surface area contributed by atoms with Crippen molar-refractivity contribution in [2.75, 3.05) is 11.9 Å². The molecule has 4 nitrogen and oxygen atoms in total. The van der Waals surface area contributed by atoms with Crippen LogP contribution in [0.5, 0.6) is 5.75 Å². The second-order valence-corrected chi connectivity index (χ2v) is 8.79. The smallest absolute Gasteiger partial charge is 0.264 e. The van der Waals surface area contributed by atoms with E-state index in [9.17, 15) is 4.79 Å². The van der Waals surface area contributed by atoms with Gasteiger partial charge in [0.25, 0.3) is 5.91 Å². The van der Waals surface area contributed by atoms with Gasteiger partial charge in [-0.3, -0.25) is 10.1 Å². The number of carbonyl (C=O) groups is 1. The molecule has 1 aromatic heterocycles. The van der Waals surface area contributed by atoms with Crippen LogP contribution < -0.4 is 10.1 Å². The van der Waals surface area contributed by atoms with Crippen LogP contribution >= 0.6 is 11.3 Å². The number of carbonyl (C=O) groups excluding carboxylic acids is 1. The molecular formula is C27H24N2O2S.